The summed E-state index contributed by atoms with van der Waals surface area (Å²) in [6, 6.07) is 21.1. The normalized spacial score (nSPS) is 14.5. The Kier molecular flexibility index (Phi) is 6.49. The highest BCUT2D eigenvalue weighted by Gasteiger charge is 2.21. The van der Waals surface area contributed by atoms with Gasteiger partial charge >= 0.3 is 0 Å². The molecule has 0 saturated heterocycles. The molecular formula is C34H31FN4. The molecule has 0 aliphatic heterocycles. The van der Waals surface area contributed by atoms with Gasteiger partial charge in [-0.05, 0) is 84.9 Å². The average Bonchev–Trinajstić information content (AvgIpc) is 3.54. The molecule has 5 aromatic rings. The molecule has 0 radical (unpaired) electrons. The molecule has 1 aliphatic rings. The first-order valence-electron chi connectivity index (χ1n) is 13.4. The van der Waals surface area contributed by atoms with Crippen LogP contribution in [0.4, 0.5) is 4.39 Å². The van der Waals surface area contributed by atoms with Crippen LogP contribution < -0.4 is 5.32 Å². The molecule has 0 unspecified atom stereocenters. The van der Waals surface area contributed by atoms with Crippen LogP contribution in [0.2, 0.25) is 0 Å². The maximum Gasteiger partial charge on any atom is 0.131 e. The molecule has 1 aliphatic carbocycles. The van der Waals surface area contributed by atoms with Crippen molar-refractivity contribution in [3.8, 4) is 22.5 Å². The Hall–Kier alpha value is -4.64. The third-order valence-corrected chi connectivity index (χ3v) is 7.72. The number of allylic oxidation sites excluding steroid dienone is 5. The Morgan fingerprint density at radius 3 is 2.56 bits per heavy atom. The minimum atomic E-state index is -0.237. The van der Waals surface area contributed by atoms with Crippen LogP contribution in [-0.2, 0) is 0 Å². The van der Waals surface area contributed by atoms with Crippen LogP contribution in [0.5, 0.6) is 0 Å². The molecule has 1 fully saturated rings. The maximum atomic E-state index is 14.6. The number of hydrogen-bond acceptors (Lipinski definition) is 2. The summed E-state index contributed by atoms with van der Waals surface area (Å²) in [6.45, 7) is 10.3. The van der Waals surface area contributed by atoms with Gasteiger partial charge in [-0.15, -0.1) is 0 Å². The molecule has 194 valence electrons. The summed E-state index contributed by atoms with van der Waals surface area (Å²) in [7, 11) is 0. The molecule has 39 heavy (non-hydrogen) atoms. The summed E-state index contributed by atoms with van der Waals surface area (Å²) in [5.74, 6) is 0.307. The van der Waals surface area contributed by atoms with Gasteiger partial charge < -0.3 is 10.3 Å². The molecule has 6 rings (SSSR count). The van der Waals surface area contributed by atoms with E-state index < -0.39 is 0 Å². The first-order chi connectivity index (χ1) is 19.1. The summed E-state index contributed by atoms with van der Waals surface area (Å²) in [6.07, 6.45) is 9.72. The summed E-state index contributed by atoms with van der Waals surface area (Å²) in [5.41, 5.74) is 9.15. The Labute approximate surface area is 227 Å². The van der Waals surface area contributed by atoms with Crippen molar-refractivity contribution in [2.45, 2.75) is 26.2 Å². The summed E-state index contributed by atoms with van der Waals surface area (Å²) >= 11 is 0. The van der Waals surface area contributed by atoms with Crippen LogP contribution in [0.1, 0.15) is 31.7 Å². The third-order valence-electron chi connectivity index (χ3n) is 7.72. The van der Waals surface area contributed by atoms with Crippen molar-refractivity contribution in [2.24, 2.45) is 5.92 Å². The van der Waals surface area contributed by atoms with Gasteiger partial charge in [0.1, 0.15) is 11.5 Å². The van der Waals surface area contributed by atoms with E-state index in [1.807, 2.05) is 43.3 Å². The fraction of sp³-hybridized carbons (Fsp3) is 0.147. The fourth-order valence-corrected chi connectivity index (χ4v) is 5.29. The summed E-state index contributed by atoms with van der Waals surface area (Å²) < 4.78 is 14.6. The minimum Gasteiger partial charge on any atom is -0.359 e. The number of H-pyrrole nitrogens is 2. The van der Waals surface area contributed by atoms with Crippen LogP contribution in [0.3, 0.4) is 0 Å². The predicted octanol–water partition coefficient (Wildman–Crippen LogP) is 8.89. The van der Waals surface area contributed by atoms with Gasteiger partial charge in [0, 0.05) is 33.2 Å². The zero-order valence-electron chi connectivity index (χ0n) is 22.0. The van der Waals surface area contributed by atoms with E-state index in [0.717, 1.165) is 61.3 Å². The topological polar surface area (TPSA) is 56.5 Å². The van der Waals surface area contributed by atoms with E-state index >= 15 is 0 Å². The Bertz CT molecular complexity index is 1780. The van der Waals surface area contributed by atoms with E-state index in [0.29, 0.717) is 11.5 Å². The monoisotopic (exact) mass is 514 g/mol. The van der Waals surface area contributed by atoms with Crippen molar-refractivity contribution in [1.82, 2.24) is 20.5 Å². The molecular weight excluding hydrogens is 483 g/mol. The number of nitrogens with one attached hydrogen (secondary N) is 3. The predicted molar refractivity (Wildman–Crippen MR) is 160 cm³/mol. The smallest absolute Gasteiger partial charge is 0.131 e. The lowest BCUT2D eigenvalue weighted by molar-refractivity contribution is 0.356. The third kappa shape index (κ3) is 4.61. The number of aromatic nitrogens is 3. The van der Waals surface area contributed by atoms with Gasteiger partial charge in [-0.1, -0.05) is 62.1 Å². The average molecular weight is 515 g/mol. The van der Waals surface area contributed by atoms with E-state index in [-0.39, 0.29) is 5.82 Å². The van der Waals surface area contributed by atoms with Crippen LogP contribution in [-0.4, -0.2) is 15.2 Å². The standard InChI is InChI=1S/C34H31FN4/c1-4-22(18-25(5-2)36-21(3)23-10-8-11-23)24-16-17-32-29(19-24)34(39-38-32)33-20-28-26(13-9-15-31(28)37-33)27-12-6-7-14-30(27)35/h4-7,9,12-20,23,36-37H,2-3,8,10-11H2,1H3,(H,38,39)/b22-4+,25-18+. The van der Waals surface area contributed by atoms with E-state index in [1.54, 1.807) is 6.07 Å². The van der Waals surface area contributed by atoms with E-state index in [2.05, 4.69) is 70.1 Å². The highest BCUT2D eigenvalue weighted by molar-refractivity contribution is 6.01. The van der Waals surface area contributed by atoms with Gasteiger partial charge in [-0.25, -0.2) is 4.39 Å². The molecule has 0 spiro atoms. The number of rotatable bonds is 8. The molecule has 2 heterocycles. The fourth-order valence-electron chi connectivity index (χ4n) is 5.29. The Balaban J connectivity index is 1.38. The number of aromatic amines is 2. The molecule has 3 aromatic carbocycles. The van der Waals surface area contributed by atoms with Crippen molar-refractivity contribution in [2.75, 3.05) is 0 Å². The lowest BCUT2D eigenvalue weighted by Gasteiger charge is -2.28. The molecule has 0 bridgehead atoms. The zero-order chi connectivity index (χ0) is 26.9. The summed E-state index contributed by atoms with van der Waals surface area (Å²) in [4.78, 5) is 3.50. The lowest BCUT2D eigenvalue weighted by Crippen LogP contribution is -2.23. The van der Waals surface area contributed by atoms with E-state index in [1.165, 1.54) is 25.3 Å². The number of fused-ring (bicyclic) bond motifs is 2. The highest BCUT2D eigenvalue weighted by Crippen LogP contribution is 2.36. The molecule has 2 aromatic heterocycles. The Morgan fingerprint density at radius 2 is 1.82 bits per heavy atom. The second-order valence-electron chi connectivity index (χ2n) is 10.1. The molecule has 0 atom stereocenters. The minimum absolute atomic E-state index is 0.237. The SMILES string of the molecule is C=C/C(=C\C(=C/C)c1ccc2[nH]nc(-c3cc4c(-c5ccccc5F)cccc4[nH]3)c2c1)NC(=C)C1CCC1. The van der Waals surface area contributed by atoms with Crippen molar-refractivity contribution in [3.05, 3.63) is 121 Å². The molecule has 3 N–H and O–H groups in total. The molecule has 5 heteroatoms. The summed E-state index contributed by atoms with van der Waals surface area (Å²) in [5, 5.41) is 13.2. The van der Waals surface area contributed by atoms with Gasteiger partial charge in [-0.3, -0.25) is 5.10 Å². The quantitative estimate of drug-likeness (QED) is 0.181. The van der Waals surface area contributed by atoms with Crippen LogP contribution in [0.15, 0.2) is 110 Å². The molecule has 4 nitrogen and oxygen atoms in total. The van der Waals surface area contributed by atoms with Crippen LogP contribution in [0.25, 0.3) is 49.9 Å². The second-order valence-corrected chi connectivity index (χ2v) is 10.1. The second kappa shape index (κ2) is 10.3. The zero-order valence-corrected chi connectivity index (χ0v) is 22.0. The van der Waals surface area contributed by atoms with Crippen molar-refractivity contribution < 1.29 is 4.39 Å². The van der Waals surface area contributed by atoms with Crippen molar-refractivity contribution >= 4 is 27.4 Å². The Morgan fingerprint density at radius 1 is 1.00 bits per heavy atom. The first-order valence-corrected chi connectivity index (χ1v) is 13.4. The lowest BCUT2D eigenvalue weighted by atomic mass is 9.83. The van der Waals surface area contributed by atoms with E-state index in [9.17, 15) is 4.39 Å². The van der Waals surface area contributed by atoms with E-state index in [4.69, 9.17) is 0 Å². The van der Waals surface area contributed by atoms with Crippen LogP contribution >= 0.6 is 0 Å². The van der Waals surface area contributed by atoms with Crippen LogP contribution in [0, 0.1) is 11.7 Å². The van der Waals surface area contributed by atoms with Gasteiger partial charge in [-0.2, -0.15) is 5.10 Å². The molecule has 1 saturated carbocycles. The van der Waals surface area contributed by atoms with Gasteiger partial charge in [0.15, 0.2) is 0 Å². The number of hydrogen-bond donors (Lipinski definition) is 3. The van der Waals surface area contributed by atoms with Gasteiger partial charge in [0.2, 0.25) is 0 Å². The first kappa shape index (κ1) is 24.7. The van der Waals surface area contributed by atoms with Gasteiger partial charge in [0.25, 0.3) is 0 Å². The number of halogens is 1. The number of benzene rings is 3. The van der Waals surface area contributed by atoms with Gasteiger partial charge in [0.05, 0.1) is 11.2 Å². The van der Waals surface area contributed by atoms with Crippen molar-refractivity contribution in [1.29, 1.82) is 0 Å². The molecule has 0 amide bonds. The number of nitrogens with zero attached hydrogens (tertiary/aromatic N) is 1. The van der Waals surface area contributed by atoms with Crippen molar-refractivity contribution in [3.63, 3.8) is 0 Å². The largest absolute Gasteiger partial charge is 0.359 e. The maximum absolute atomic E-state index is 14.6. The highest BCUT2D eigenvalue weighted by atomic mass is 19.1.